The van der Waals surface area contributed by atoms with Gasteiger partial charge in [-0.3, -0.25) is 0 Å². The van der Waals surface area contributed by atoms with Gasteiger partial charge in [0, 0.05) is 12.1 Å². The number of hydrogen-bond acceptors (Lipinski definition) is 2. The van der Waals surface area contributed by atoms with Gasteiger partial charge >= 0.3 is 0 Å². The molecular formula is C8H5FNO. The number of nitriles is 1. The molecule has 0 bridgehead atoms. The van der Waals surface area contributed by atoms with Crippen molar-refractivity contribution in [1.82, 2.24) is 0 Å². The molecule has 0 amide bonds. The first-order valence-corrected chi connectivity index (χ1v) is 3.00. The van der Waals surface area contributed by atoms with Crippen LogP contribution in [0, 0.1) is 23.2 Å². The highest BCUT2D eigenvalue weighted by Gasteiger charge is 1.93. The molecule has 0 spiro atoms. The number of ether oxygens (including phenoxy) is 1. The first-order chi connectivity index (χ1) is 5.33. The largest absolute Gasteiger partial charge is 0.479 e. The Hall–Kier alpha value is -1.56. The maximum absolute atomic E-state index is 12.4. The molecule has 1 aromatic carbocycles. The van der Waals surface area contributed by atoms with Crippen LogP contribution in [0.15, 0.2) is 18.2 Å². The van der Waals surface area contributed by atoms with E-state index in [0.717, 1.165) is 0 Å². The molecule has 2 nitrogen and oxygen atoms in total. The van der Waals surface area contributed by atoms with Crippen molar-refractivity contribution < 1.29 is 9.13 Å². The second-order valence-corrected chi connectivity index (χ2v) is 1.82. The normalized spacial score (nSPS) is 8.73. The van der Waals surface area contributed by atoms with Crippen molar-refractivity contribution >= 4 is 0 Å². The first kappa shape index (κ1) is 7.55. The van der Waals surface area contributed by atoms with Gasteiger partial charge in [-0.15, -0.1) is 0 Å². The zero-order valence-electron chi connectivity index (χ0n) is 5.67. The van der Waals surface area contributed by atoms with E-state index >= 15 is 0 Å². The van der Waals surface area contributed by atoms with E-state index in [1.165, 1.54) is 12.1 Å². The van der Waals surface area contributed by atoms with Gasteiger partial charge in [0.05, 0.1) is 0 Å². The maximum Gasteiger partial charge on any atom is 0.174 e. The van der Waals surface area contributed by atoms with Crippen LogP contribution in [0.3, 0.4) is 0 Å². The molecule has 0 fully saturated rings. The number of halogens is 1. The summed E-state index contributed by atoms with van der Waals surface area (Å²) in [6.45, 7) is -0.0660. The van der Waals surface area contributed by atoms with E-state index in [2.05, 4.69) is 6.07 Å². The van der Waals surface area contributed by atoms with Gasteiger partial charge in [0.1, 0.15) is 17.6 Å². The fraction of sp³-hybridized carbons (Fsp3) is 0.125. The molecule has 0 aliphatic heterocycles. The second kappa shape index (κ2) is 3.57. The minimum Gasteiger partial charge on any atom is -0.479 e. The highest BCUT2D eigenvalue weighted by molar-refractivity contribution is 5.21. The van der Waals surface area contributed by atoms with Gasteiger partial charge < -0.3 is 4.74 Å². The van der Waals surface area contributed by atoms with Crippen LogP contribution < -0.4 is 4.74 Å². The summed E-state index contributed by atoms with van der Waals surface area (Å²) >= 11 is 0. The number of benzene rings is 1. The summed E-state index contributed by atoms with van der Waals surface area (Å²) in [4.78, 5) is 0. The van der Waals surface area contributed by atoms with Gasteiger partial charge in [0.2, 0.25) is 0 Å². The predicted octanol–water partition coefficient (Wildman–Crippen LogP) is 1.53. The van der Waals surface area contributed by atoms with Crippen LogP contribution >= 0.6 is 0 Å². The summed E-state index contributed by atoms with van der Waals surface area (Å²) in [7, 11) is 0. The van der Waals surface area contributed by atoms with Crippen LogP contribution in [0.4, 0.5) is 4.39 Å². The molecule has 0 saturated heterocycles. The predicted molar refractivity (Wildman–Crippen MR) is 36.3 cm³/mol. The van der Waals surface area contributed by atoms with Gasteiger partial charge in [0.15, 0.2) is 6.61 Å². The lowest BCUT2D eigenvalue weighted by atomic mass is 10.3. The molecule has 55 valence electrons. The molecule has 11 heavy (non-hydrogen) atoms. The maximum atomic E-state index is 12.4. The quantitative estimate of drug-likeness (QED) is 0.640. The van der Waals surface area contributed by atoms with E-state index in [9.17, 15) is 4.39 Å². The third-order valence-corrected chi connectivity index (χ3v) is 1.04. The van der Waals surface area contributed by atoms with Crippen molar-refractivity contribution in [2.24, 2.45) is 0 Å². The molecule has 0 aliphatic rings. The van der Waals surface area contributed by atoms with Crippen LogP contribution in [0.5, 0.6) is 5.75 Å². The minimum atomic E-state index is -0.486. The third-order valence-electron chi connectivity index (χ3n) is 1.04. The molecule has 1 rings (SSSR count). The highest BCUT2D eigenvalue weighted by Crippen LogP contribution is 2.10. The van der Waals surface area contributed by atoms with Gasteiger partial charge in [-0.2, -0.15) is 5.26 Å². The lowest BCUT2D eigenvalue weighted by Crippen LogP contribution is -1.93. The third kappa shape index (κ3) is 2.26. The molecule has 1 aromatic rings. The zero-order chi connectivity index (χ0) is 8.10. The van der Waals surface area contributed by atoms with Crippen LogP contribution in [-0.4, -0.2) is 6.61 Å². The van der Waals surface area contributed by atoms with Crippen molar-refractivity contribution in [3.63, 3.8) is 0 Å². The molecule has 0 atom stereocenters. The van der Waals surface area contributed by atoms with Gasteiger partial charge in [0.25, 0.3) is 0 Å². The summed E-state index contributed by atoms with van der Waals surface area (Å²) in [5.41, 5.74) is 0. The van der Waals surface area contributed by atoms with E-state index in [-0.39, 0.29) is 6.61 Å². The average Bonchev–Trinajstić information content (AvgIpc) is 2.01. The Kier molecular flexibility index (Phi) is 2.45. The van der Waals surface area contributed by atoms with Crippen molar-refractivity contribution in [3.05, 3.63) is 30.1 Å². The second-order valence-electron chi connectivity index (χ2n) is 1.82. The van der Waals surface area contributed by atoms with Gasteiger partial charge in [-0.1, -0.05) is 0 Å². The van der Waals surface area contributed by atoms with Crippen LogP contribution in [0.1, 0.15) is 0 Å². The monoisotopic (exact) mass is 150 g/mol. The summed E-state index contributed by atoms with van der Waals surface area (Å²) in [6, 6.07) is 8.22. The van der Waals surface area contributed by atoms with Crippen molar-refractivity contribution in [2.75, 3.05) is 6.61 Å². The fourth-order valence-electron chi connectivity index (χ4n) is 0.623. The SMILES string of the molecule is N#CCOc1cc[c]c(F)c1. The molecule has 0 unspecified atom stereocenters. The first-order valence-electron chi connectivity index (χ1n) is 3.00. The minimum absolute atomic E-state index is 0.0660. The van der Waals surface area contributed by atoms with Crippen molar-refractivity contribution in [2.45, 2.75) is 0 Å². The zero-order valence-corrected chi connectivity index (χ0v) is 5.67. The van der Waals surface area contributed by atoms with E-state index in [1.54, 1.807) is 12.1 Å². The molecule has 1 radical (unpaired) electrons. The summed E-state index contributed by atoms with van der Waals surface area (Å²) in [5, 5.41) is 8.12. The summed E-state index contributed by atoms with van der Waals surface area (Å²) in [5.74, 6) is -0.136. The Morgan fingerprint density at radius 1 is 1.73 bits per heavy atom. The average molecular weight is 150 g/mol. The number of hydrogen-bond donors (Lipinski definition) is 0. The van der Waals surface area contributed by atoms with Crippen LogP contribution in [0.25, 0.3) is 0 Å². The lowest BCUT2D eigenvalue weighted by molar-refractivity contribution is 0.365. The van der Waals surface area contributed by atoms with Gasteiger partial charge in [-0.25, -0.2) is 4.39 Å². The molecule has 0 heterocycles. The summed E-state index contributed by atoms with van der Waals surface area (Å²) < 4.78 is 17.2. The van der Waals surface area contributed by atoms with E-state index in [4.69, 9.17) is 10.00 Å². The van der Waals surface area contributed by atoms with E-state index in [1.807, 2.05) is 0 Å². The highest BCUT2D eigenvalue weighted by atomic mass is 19.1. The Morgan fingerprint density at radius 3 is 3.18 bits per heavy atom. The van der Waals surface area contributed by atoms with Crippen molar-refractivity contribution in [3.8, 4) is 11.8 Å². The molecule has 0 aromatic heterocycles. The van der Waals surface area contributed by atoms with Crippen LogP contribution in [0.2, 0.25) is 0 Å². The van der Waals surface area contributed by atoms with Gasteiger partial charge in [-0.05, 0) is 12.1 Å². The van der Waals surface area contributed by atoms with E-state index in [0.29, 0.717) is 5.75 Å². The molecule has 3 heteroatoms. The van der Waals surface area contributed by atoms with Crippen molar-refractivity contribution in [1.29, 1.82) is 5.26 Å². The Morgan fingerprint density at radius 2 is 2.55 bits per heavy atom. The summed E-state index contributed by atoms with van der Waals surface area (Å²) in [6.07, 6.45) is 0. The number of nitrogens with zero attached hydrogens (tertiary/aromatic N) is 1. The standard InChI is InChI=1S/C8H5FNO/c9-7-2-1-3-8(6-7)11-5-4-10/h1,3,6H,5H2. The Labute approximate surface area is 63.8 Å². The molecular weight excluding hydrogens is 145 g/mol. The van der Waals surface area contributed by atoms with E-state index < -0.39 is 5.82 Å². The molecule has 0 N–H and O–H groups in total. The molecule has 0 aliphatic carbocycles. The van der Waals surface area contributed by atoms with Crippen LogP contribution in [-0.2, 0) is 0 Å². The Bertz CT molecular complexity index is 280. The number of rotatable bonds is 2. The fourth-order valence-corrected chi connectivity index (χ4v) is 0.623. The molecule has 0 saturated carbocycles. The topological polar surface area (TPSA) is 33.0 Å². The Balaban J connectivity index is 2.65. The lowest BCUT2D eigenvalue weighted by Gasteiger charge is -1.98. The smallest absolute Gasteiger partial charge is 0.174 e.